The molecule has 1 saturated carbocycles. The molecule has 1 aromatic heterocycles. The smallest absolute Gasteiger partial charge is 0.271 e. The molecule has 3 N–H and O–H groups in total. The number of hydrogen-bond donors (Lipinski definition) is 2. The van der Waals surface area contributed by atoms with E-state index >= 15 is 0 Å². The zero-order valence-corrected chi connectivity index (χ0v) is 15.4. The number of carbonyl (C=O) groups is 1. The van der Waals surface area contributed by atoms with Crippen molar-refractivity contribution < 1.29 is 9.53 Å². The summed E-state index contributed by atoms with van der Waals surface area (Å²) in [4.78, 5) is 12.0. The average Bonchev–Trinajstić information content (AvgIpc) is 3.42. The number of benzene rings is 1. The first-order valence-corrected chi connectivity index (χ1v) is 8.29. The van der Waals surface area contributed by atoms with Gasteiger partial charge in [-0.05, 0) is 37.0 Å². The van der Waals surface area contributed by atoms with Crippen molar-refractivity contribution in [3.05, 3.63) is 46.1 Å². The molecule has 0 aliphatic heterocycles. The van der Waals surface area contributed by atoms with Gasteiger partial charge in [0.25, 0.3) is 5.91 Å². The van der Waals surface area contributed by atoms with Crippen LogP contribution in [0, 0.1) is 5.92 Å². The first-order chi connectivity index (χ1) is 11.5. The minimum atomic E-state index is -0.314. The molecule has 1 heterocycles. The number of ether oxygens (including phenoxy) is 1. The van der Waals surface area contributed by atoms with E-state index in [2.05, 4.69) is 15.5 Å². The molecule has 1 unspecified atom stereocenters. The predicted octanol–water partition coefficient (Wildman–Crippen LogP) is 3.46. The molecule has 9 heteroatoms. The van der Waals surface area contributed by atoms with Crippen LogP contribution in [0.5, 0.6) is 11.6 Å². The topological polar surface area (TPSA) is 90.1 Å². The lowest BCUT2D eigenvalue weighted by molar-refractivity contribution is 0.0944. The second-order valence-corrected chi connectivity index (χ2v) is 6.41. The zero-order chi connectivity index (χ0) is 17.1. The third-order valence-corrected chi connectivity index (χ3v) is 4.53. The van der Waals surface area contributed by atoms with Crippen molar-refractivity contribution in [2.24, 2.45) is 11.7 Å². The largest absolute Gasteiger partial charge is 0.436 e. The van der Waals surface area contributed by atoms with Gasteiger partial charge in [-0.1, -0.05) is 29.3 Å². The number of hydrogen-bond acceptors (Lipinski definition) is 5. The van der Waals surface area contributed by atoms with E-state index in [1.54, 1.807) is 24.3 Å². The van der Waals surface area contributed by atoms with Crippen LogP contribution in [-0.2, 0) is 0 Å². The maximum Gasteiger partial charge on any atom is 0.271 e. The molecule has 1 amide bonds. The van der Waals surface area contributed by atoms with Crippen LogP contribution >= 0.6 is 35.6 Å². The summed E-state index contributed by atoms with van der Waals surface area (Å²) in [6.45, 7) is 0.432. The Morgan fingerprint density at radius 1 is 1.28 bits per heavy atom. The molecule has 3 rings (SSSR count). The lowest BCUT2D eigenvalue weighted by Gasteiger charge is -2.11. The van der Waals surface area contributed by atoms with Gasteiger partial charge in [0.1, 0.15) is 10.8 Å². The Labute approximate surface area is 161 Å². The second-order valence-electron chi connectivity index (χ2n) is 5.62. The Bertz CT molecular complexity index is 739. The van der Waals surface area contributed by atoms with Crippen LogP contribution in [0.15, 0.2) is 30.3 Å². The standard InChI is InChI=1S/C16H16Cl2N4O2.ClH/c17-10-2-1-3-13(15(10)18)24-14-7-6-12(21-22-14)16(23)20-8-11(19)9-4-5-9;/h1-3,6-7,9,11H,4-5,8,19H2,(H,20,23);1H. The Balaban J connectivity index is 0.00000225. The minimum absolute atomic E-state index is 0. The molecule has 1 aliphatic carbocycles. The SMILES string of the molecule is Cl.NC(CNC(=O)c1ccc(Oc2cccc(Cl)c2Cl)nn1)C1CC1. The molecule has 2 aromatic rings. The Morgan fingerprint density at radius 3 is 2.68 bits per heavy atom. The van der Waals surface area contributed by atoms with Crippen LogP contribution in [0.1, 0.15) is 23.3 Å². The number of rotatable bonds is 6. The Kier molecular flexibility index (Phi) is 6.84. The summed E-state index contributed by atoms with van der Waals surface area (Å²) in [6.07, 6.45) is 2.27. The highest BCUT2D eigenvalue weighted by Crippen LogP contribution is 2.34. The van der Waals surface area contributed by atoms with Gasteiger partial charge in [0, 0.05) is 18.7 Å². The van der Waals surface area contributed by atoms with Crippen LogP contribution in [0.3, 0.4) is 0 Å². The van der Waals surface area contributed by atoms with E-state index in [1.807, 2.05) is 0 Å². The normalized spacial score (nSPS) is 14.4. The number of nitrogens with one attached hydrogen (secondary N) is 1. The fourth-order valence-electron chi connectivity index (χ4n) is 2.16. The van der Waals surface area contributed by atoms with E-state index in [0.29, 0.717) is 23.2 Å². The summed E-state index contributed by atoms with van der Waals surface area (Å²) < 4.78 is 5.52. The molecule has 0 bridgehead atoms. The Morgan fingerprint density at radius 2 is 2.04 bits per heavy atom. The van der Waals surface area contributed by atoms with Crippen LogP contribution in [0.2, 0.25) is 10.0 Å². The van der Waals surface area contributed by atoms with Gasteiger partial charge in [-0.2, -0.15) is 0 Å². The monoisotopic (exact) mass is 402 g/mol. The van der Waals surface area contributed by atoms with Gasteiger partial charge >= 0.3 is 0 Å². The molecule has 134 valence electrons. The molecule has 1 atom stereocenters. The summed E-state index contributed by atoms with van der Waals surface area (Å²) >= 11 is 12.0. The highest BCUT2D eigenvalue weighted by Gasteiger charge is 2.28. The third kappa shape index (κ3) is 5.19. The highest BCUT2D eigenvalue weighted by molar-refractivity contribution is 6.42. The summed E-state index contributed by atoms with van der Waals surface area (Å²) in [6, 6.07) is 8.09. The highest BCUT2D eigenvalue weighted by atomic mass is 35.5. The van der Waals surface area contributed by atoms with Gasteiger partial charge in [0.15, 0.2) is 5.69 Å². The van der Waals surface area contributed by atoms with Gasteiger partial charge in [0.2, 0.25) is 5.88 Å². The molecule has 6 nitrogen and oxygen atoms in total. The van der Waals surface area contributed by atoms with Crippen molar-refractivity contribution in [3.63, 3.8) is 0 Å². The fourth-order valence-corrected chi connectivity index (χ4v) is 2.49. The first kappa shape index (κ1) is 19.7. The van der Waals surface area contributed by atoms with E-state index in [1.165, 1.54) is 6.07 Å². The van der Waals surface area contributed by atoms with Crippen LogP contribution in [0.4, 0.5) is 0 Å². The van der Waals surface area contributed by atoms with Crippen molar-refractivity contribution in [2.45, 2.75) is 18.9 Å². The third-order valence-electron chi connectivity index (χ3n) is 3.73. The van der Waals surface area contributed by atoms with E-state index in [9.17, 15) is 4.79 Å². The maximum absolute atomic E-state index is 12.0. The first-order valence-electron chi connectivity index (χ1n) is 7.54. The molecule has 0 spiro atoms. The molecule has 0 radical (unpaired) electrons. The van der Waals surface area contributed by atoms with Crippen molar-refractivity contribution in [2.75, 3.05) is 6.54 Å². The molecule has 25 heavy (non-hydrogen) atoms. The van der Waals surface area contributed by atoms with Crippen molar-refractivity contribution >= 4 is 41.5 Å². The summed E-state index contributed by atoms with van der Waals surface area (Å²) in [5.41, 5.74) is 6.14. The lowest BCUT2D eigenvalue weighted by Crippen LogP contribution is -2.38. The van der Waals surface area contributed by atoms with Crippen molar-refractivity contribution in [1.82, 2.24) is 15.5 Å². The average molecular weight is 404 g/mol. The van der Waals surface area contributed by atoms with Gasteiger partial charge in [-0.3, -0.25) is 4.79 Å². The number of aromatic nitrogens is 2. The quantitative estimate of drug-likeness (QED) is 0.771. The molecular weight excluding hydrogens is 387 g/mol. The second kappa shape index (κ2) is 8.67. The molecule has 1 fully saturated rings. The fraction of sp³-hybridized carbons (Fsp3) is 0.312. The van der Waals surface area contributed by atoms with Crippen LogP contribution in [-0.4, -0.2) is 28.7 Å². The van der Waals surface area contributed by atoms with Gasteiger partial charge in [-0.15, -0.1) is 22.6 Å². The van der Waals surface area contributed by atoms with Gasteiger partial charge < -0.3 is 15.8 Å². The van der Waals surface area contributed by atoms with Crippen molar-refractivity contribution in [3.8, 4) is 11.6 Å². The number of nitrogens with zero attached hydrogens (tertiary/aromatic N) is 2. The predicted molar refractivity (Wildman–Crippen MR) is 98.8 cm³/mol. The molecule has 0 saturated heterocycles. The summed E-state index contributed by atoms with van der Waals surface area (Å²) in [7, 11) is 0. The number of carbonyl (C=O) groups excluding carboxylic acids is 1. The lowest BCUT2D eigenvalue weighted by atomic mass is 10.2. The van der Waals surface area contributed by atoms with Crippen molar-refractivity contribution in [1.29, 1.82) is 0 Å². The number of halogens is 3. The Hall–Kier alpha value is -1.60. The van der Waals surface area contributed by atoms with E-state index in [-0.39, 0.29) is 41.0 Å². The number of nitrogens with two attached hydrogens (primary N) is 1. The summed E-state index contributed by atoms with van der Waals surface area (Å²) in [5.74, 6) is 0.789. The van der Waals surface area contributed by atoms with Crippen LogP contribution in [0.25, 0.3) is 0 Å². The maximum atomic E-state index is 12.0. The van der Waals surface area contributed by atoms with E-state index in [4.69, 9.17) is 33.7 Å². The number of amides is 1. The zero-order valence-electron chi connectivity index (χ0n) is 13.1. The minimum Gasteiger partial charge on any atom is -0.436 e. The van der Waals surface area contributed by atoms with E-state index < -0.39 is 0 Å². The van der Waals surface area contributed by atoms with Crippen LogP contribution < -0.4 is 15.8 Å². The molecule has 1 aromatic carbocycles. The van der Waals surface area contributed by atoms with Gasteiger partial charge in [0.05, 0.1) is 5.02 Å². The van der Waals surface area contributed by atoms with Gasteiger partial charge in [-0.25, -0.2) is 0 Å². The molecular formula is C16H17Cl3N4O2. The van der Waals surface area contributed by atoms with E-state index in [0.717, 1.165) is 12.8 Å². The summed E-state index contributed by atoms with van der Waals surface area (Å²) in [5, 5.41) is 11.2. The molecule has 1 aliphatic rings.